The summed E-state index contributed by atoms with van der Waals surface area (Å²) in [5, 5.41) is 0. The highest BCUT2D eigenvalue weighted by Gasteiger charge is 2.13. The maximum absolute atomic E-state index is 6.22. The Morgan fingerprint density at radius 3 is 2.82 bits per heavy atom. The molecule has 1 unspecified atom stereocenters. The van der Waals surface area contributed by atoms with Gasteiger partial charge in [-0.05, 0) is 23.8 Å². The van der Waals surface area contributed by atoms with Crippen molar-refractivity contribution in [1.82, 2.24) is 9.55 Å². The molecule has 2 aromatic rings. The number of halogens is 2. The molecule has 1 atom stereocenters. The topological polar surface area (TPSA) is 43.8 Å². The van der Waals surface area contributed by atoms with Gasteiger partial charge in [0.2, 0.25) is 0 Å². The van der Waals surface area contributed by atoms with E-state index in [4.69, 9.17) is 5.73 Å². The Balaban J connectivity index is 2.23. The van der Waals surface area contributed by atoms with E-state index in [1.54, 1.807) is 6.20 Å². The van der Waals surface area contributed by atoms with E-state index in [1.165, 1.54) is 0 Å². The minimum atomic E-state index is -0.0667. The third-order valence-corrected chi connectivity index (χ3v) is 3.90. The monoisotopic (exact) mass is 357 g/mol. The van der Waals surface area contributed by atoms with Crippen molar-refractivity contribution < 1.29 is 0 Å². The third-order valence-electron chi connectivity index (χ3n) is 2.68. The predicted octanol–water partition coefficient (Wildman–Crippen LogP) is 3.19. The number of benzene rings is 1. The normalized spacial score (nSPS) is 12.7. The highest BCUT2D eigenvalue weighted by atomic mass is 79.9. The smallest absolute Gasteiger partial charge is 0.110 e. The van der Waals surface area contributed by atoms with Crippen LogP contribution in [0.4, 0.5) is 0 Å². The molecule has 17 heavy (non-hydrogen) atoms. The van der Waals surface area contributed by atoms with Crippen LogP contribution in [-0.4, -0.2) is 9.55 Å². The van der Waals surface area contributed by atoms with Crippen LogP contribution in [0.15, 0.2) is 39.5 Å². The van der Waals surface area contributed by atoms with E-state index < -0.39 is 0 Å². The molecule has 0 radical (unpaired) electrons. The first-order chi connectivity index (χ1) is 8.08. The van der Waals surface area contributed by atoms with Crippen molar-refractivity contribution in [3.63, 3.8) is 0 Å². The summed E-state index contributed by atoms with van der Waals surface area (Å²) in [7, 11) is 1.98. The fourth-order valence-electron chi connectivity index (χ4n) is 1.70. The minimum Gasteiger partial charge on any atom is -0.338 e. The van der Waals surface area contributed by atoms with Gasteiger partial charge in [-0.25, -0.2) is 4.98 Å². The first-order valence-corrected chi connectivity index (χ1v) is 6.83. The Labute approximate surface area is 117 Å². The second-order valence-corrected chi connectivity index (χ2v) is 5.70. The number of aromatic nitrogens is 2. The molecule has 0 amide bonds. The zero-order valence-corrected chi connectivity index (χ0v) is 12.6. The average Bonchev–Trinajstić information content (AvgIpc) is 2.68. The molecule has 0 spiro atoms. The molecule has 0 saturated carbocycles. The summed E-state index contributed by atoms with van der Waals surface area (Å²) in [5.41, 5.74) is 7.31. The van der Waals surface area contributed by atoms with Gasteiger partial charge in [-0.2, -0.15) is 0 Å². The molecule has 0 aliphatic heterocycles. The second-order valence-electron chi connectivity index (χ2n) is 3.93. The summed E-state index contributed by atoms with van der Waals surface area (Å²) in [6.45, 7) is 0. The van der Waals surface area contributed by atoms with E-state index in [2.05, 4.69) is 36.8 Å². The van der Waals surface area contributed by atoms with Gasteiger partial charge in [0.15, 0.2) is 0 Å². The van der Waals surface area contributed by atoms with Gasteiger partial charge in [-0.3, -0.25) is 0 Å². The van der Waals surface area contributed by atoms with Gasteiger partial charge in [0, 0.05) is 40.8 Å². The van der Waals surface area contributed by atoms with Crippen LogP contribution in [0.3, 0.4) is 0 Å². The van der Waals surface area contributed by atoms with Gasteiger partial charge in [0.1, 0.15) is 5.82 Å². The number of aryl methyl sites for hydroxylation is 1. The number of rotatable bonds is 3. The number of hydrogen-bond acceptors (Lipinski definition) is 2. The summed E-state index contributed by atoms with van der Waals surface area (Å²) < 4.78 is 4.06. The van der Waals surface area contributed by atoms with Gasteiger partial charge in [0.05, 0.1) is 0 Å². The number of imidazole rings is 1. The van der Waals surface area contributed by atoms with E-state index in [1.807, 2.05) is 36.0 Å². The fourth-order valence-corrected chi connectivity index (χ4v) is 2.62. The van der Waals surface area contributed by atoms with Crippen LogP contribution < -0.4 is 5.73 Å². The summed E-state index contributed by atoms with van der Waals surface area (Å²) in [6.07, 6.45) is 4.44. The van der Waals surface area contributed by atoms with Crippen molar-refractivity contribution in [3.8, 4) is 0 Å². The molecule has 1 aromatic carbocycles. The minimum absolute atomic E-state index is 0.0667. The van der Waals surface area contributed by atoms with E-state index in [0.717, 1.165) is 26.8 Å². The highest BCUT2D eigenvalue weighted by Crippen LogP contribution is 2.27. The van der Waals surface area contributed by atoms with E-state index in [0.29, 0.717) is 0 Å². The van der Waals surface area contributed by atoms with Crippen molar-refractivity contribution in [1.29, 1.82) is 0 Å². The molecule has 1 aromatic heterocycles. The predicted molar refractivity (Wildman–Crippen MR) is 75.7 cm³/mol. The first-order valence-electron chi connectivity index (χ1n) is 5.24. The zero-order valence-electron chi connectivity index (χ0n) is 9.40. The highest BCUT2D eigenvalue weighted by molar-refractivity contribution is 9.11. The lowest BCUT2D eigenvalue weighted by Crippen LogP contribution is -2.16. The quantitative estimate of drug-likeness (QED) is 0.915. The number of hydrogen-bond donors (Lipinski definition) is 1. The molecule has 1 heterocycles. The first kappa shape index (κ1) is 12.8. The molecule has 0 aliphatic rings. The lowest BCUT2D eigenvalue weighted by Gasteiger charge is -2.14. The van der Waals surface area contributed by atoms with Crippen LogP contribution >= 0.6 is 31.9 Å². The van der Waals surface area contributed by atoms with Crippen LogP contribution in [0.5, 0.6) is 0 Å². The Kier molecular flexibility index (Phi) is 4.01. The van der Waals surface area contributed by atoms with Gasteiger partial charge >= 0.3 is 0 Å². The molecular formula is C12H13Br2N3. The molecule has 0 aliphatic carbocycles. The van der Waals surface area contributed by atoms with E-state index in [-0.39, 0.29) is 6.04 Å². The Morgan fingerprint density at radius 1 is 1.41 bits per heavy atom. The molecule has 90 valence electrons. The molecule has 2 rings (SSSR count). The van der Waals surface area contributed by atoms with Crippen molar-refractivity contribution in [2.45, 2.75) is 12.5 Å². The Morgan fingerprint density at radius 2 is 2.18 bits per heavy atom. The second kappa shape index (κ2) is 5.33. The van der Waals surface area contributed by atoms with Crippen molar-refractivity contribution in [2.24, 2.45) is 12.8 Å². The lowest BCUT2D eigenvalue weighted by molar-refractivity contribution is 0.657. The summed E-state index contributed by atoms with van der Waals surface area (Å²) in [4.78, 5) is 4.29. The molecule has 0 saturated heterocycles. The van der Waals surface area contributed by atoms with Gasteiger partial charge < -0.3 is 10.3 Å². The van der Waals surface area contributed by atoms with Gasteiger partial charge in [-0.15, -0.1) is 0 Å². The van der Waals surface area contributed by atoms with E-state index >= 15 is 0 Å². The van der Waals surface area contributed by atoms with Crippen molar-refractivity contribution in [3.05, 3.63) is 50.9 Å². The summed E-state index contributed by atoms with van der Waals surface area (Å²) in [6, 6.07) is 5.96. The maximum atomic E-state index is 6.22. The lowest BCUT2D eigenvalue weighted by atomic mass is 10.0. The zero-order chi connectivity index (χ0) is 12.4. The Bertz CT molecular complexity index is 522. The molecule has 3 nitrogen and oxygen atoms in total. The molecule has 2 N–H and O–H groups in total. The van der Waals surface area contributed by atoms with Gasteiger partial charge in [0.25, 0.3) is 0 Å². The van der Waals surface area contributed by atoms with Crippen molar-refractivity contribution in [2.75, 3.05) is 0 Å². The van der Waals surface area contributed by atoms with E-state index in [9.17, 15) is 0 Å². The summed E-state index contributed by atoms with van der Waals surface area (Å²) in [5.74, 6) is 0.990. The van der Waals surface area contributed by atoms with Crippen LogP contribution in [0.2, 0.25) is 0 Å². The molecular weight excluding hydrogens is 346 g/mol. The van der Waals surface area contributed by atoms with Crippen LogP contribution in [0.1, 0.15) is 17.4 Å². The largest absolute Gasteiger partial charge is 0.338 e. The summed E-state index contributed by atoms with van der Waals surface area (Å²) >= 11 is 6.99. The van der Waals surface area contributed by atoms with Crippen molar-refractivity contribution >= 4 is 31.9 Å². The number of nitrogens with zero attached hydrogens (tertiary/aromatic N) is 2. The third kappa shape index (κ3) is 2.97. The average molecular weight is 359 g/mol. The van der Waals surface area contributed by atoms with Gasteiger partial charge in [-0.1, -0.05) is 31.9 Å². The standard InChI is InChI=1S/C12H13Br2N3/c1-17-5-4-16-12(17)7-11(15)9-6-8(13)2-3-10(9)14/h2-6,11H,7,15H2,1H3. The van der Waals surface area contributed by atoms with Crippen LogP contribution in [-0.2, 0) is 13.5 Å². The maximum Gasteiger partial charge on any atom is 0.110 e. The molecule has 0 bridgehead atoms. The molecule has 5 heteroatoms. The fraction of sp³-hybridized carbons (Fsp3) is 0.250. The van der Waals surface area contributed by atoms with Crippen LogP contribution in [0, 0.1) is 0 Å². The molecule has 0 fully saturated rings. The number of nitrogens with two attached hydrogens (primary N) is 1. The Hall–Kier alpha value is -0.650. The van der Waals surface area contributed by atoms with Crippen LogP contribution in [0.25, 0.3) is 0 Å². The SMILES string of the molecule is Cn1ccnc1CC(N)c1cc(Br)ccc1Br.